The molecule has 0 amide bonds. The van der Waals surface area contributed by atoms with E-state index in [0.717, 1.165) is 19.0 Å². The molecule has 0 aromatic rings. The molecular formula is C14H27NO2. The molecule has 3 heteroatoms. The first-order valence-corrected chi connectivity index (χ1v) is 6.94. The van der Waals surface area contributed by atoms with Crippen LogP contribution in [0.4, 0.5) is 0 Å². The number of carbonyl (C=O) groups excluding carboxylic acids is 1. The lowest BCUT2D eigenvalue weighted by Crippen LogP contribution is -2.36. The molecule has 0 atom stereocenters. The van der Waals surface area contributed by atoms with Crippen LogP contribution in [0.15, 0.2) is 0 Å². The lowest BCUT2D eigenvalue weighted by atomic mass is 10.1. The van der Waals surface area contributed by atoms with Crippen LogP contribution in [0, 0.1) is 5.92 Å². The van der Waals surface area contributed by atoms with Crippen molar-refractivity contribution in [3.63, 3.8) is 0 Å². The summed E-state index contributed by atoms with van der Waals surface area (Å²) in [7, 11) is 1.47. The molecule has 17 heavy (non-hydrogen) atoms. The van der Waals surface area contributed by atoms with E-state index in [1.807, 2.05) is 0 Å². The van der Waals surface area contributed by atoms with Crippen molar-refractivity contribution >= 4 is 5.97 Å². The van der Waals surface area contributed by atoms with Crippen LogP contribution in [0.2, 0.25) is 0 Å². The maximum atomic E-state index is 11.2. The average Bonchev–Trinajstić information content (AvgIpc) is 2.81. The number of hydrogen-bond donors (Lipinski definition) is 0. The molecule has 1 aliphatic rings. The largest absolute Gasteiger partial charge is 0.469 e. The van der Waals surface area contributed by atoms with Gasteiger partial charge in [0, 0.05) is 12.6 Å². The van der Waals surface area contributed by atoms with Gasteiger partial charge in [0.15, 0.2) is 0 Å². The van der Waals surface area contributed by atoms with Crippen LogP contribution < -0.4 is 0 Å². The molecule has 1 rings (SSSR count). The molecule has 0 unspecified atom stereocenters. The molecule has 0 spiro atoms. The van der Waals surface area contributed by atoms with E-state index in [2.05, 4.69) is 18.7 Å². The Hall–Kier alpha value is -0.570. The van der Waals surface area contributed by atoms with Crippen molar-refractivity contribution in [1.82, 2.24) is 4.90 Å². The van der Waals surface area contributed by atoms with Gasteiger partial charge in [0.1, 0.15) is 0 Å². The Balaban J connectivity index is 2.37. The minimum atomic E-state index is -0.0856. The van der Waals surface area contributed by atoms with E-state index in [1.165, 1.54) is 39.2 Å². The highest BCUT2D eigenvalue weighted by Gasteiger charge is 2.22. The van der Waals surface area contributed by atoms with Gasteiger partial charge in [-0.15, -0.1) is 0 Å². The van der Waals surface area contributed by atoms with Crippen LogP contribution in [0.1, 0.15) is 52.4 Å². The van der Waals surface area contributed by atoms with Crippen molar-refractivity contribution in [3.05, 3.63) is 0 Å². The molecule has 0 saturated heterocycles. The van der Waals surface area contributed by atoms with Crippen LogP contribution >= 0.6 is 0 Å². The summed E-state index contributed by atoms with van der Waals surface area (Å²) in [4.78, 5) is 13.7. The first-order chi connectivity index (χ1) is 8.13. The van der Waals surface area contributed by atoms with E-state index in [-0.39, 0.29) is 5.97 Å². The van der Waals surface area contributed by atoms with Crippen LogP contribution in [0.25, 0.3) is 0 Å². The normalized spacial score (nSPS) is 17.0. The molecule has 100 valence electrons. The summed E-state index contributed by atoms with van der Waals surface area (Å²) < 4.78 is 4.72. The fourth-order valence-corrected chi connectivity index (χ4v) is 2.51. The van der Waals surface area contributed by atoms with Gasteiger partial charge in [-0.3, -0.25) is 9.69 Å². The van der Waals surface area contributed by atoms with Crippen LogP contribution in [-0.4, -0.2) is 37.1 Å². The Bertz CT molecular complexity index is 222. The summed E-state index contributed by atoms with van der Waals surface area (Å²) in [5.41, 5.74) is 0. The van der Waals surface area contributed by atoms with Gasteiger partial charge in [-0.05, 0) is 31.7 Å². The number of ether oxygens (including phenoxy) is 1. The average molecular weight is 241 g/mol. The fourth-order valence-electron chi connectivity index (χ4n) is 2.51. The zero-order valence-electron chi connectivity index (χ0n) is 11.6. The Morgan fingerprint density at radius 2 is 1.94 bits per heavy atom. The predicted molar refractivity (Wildman–Crippen MR) is 69.9 cm³/mol. The second-order valence-corrected chi connectivity index (χ2v) is 5.48. The van der Waals surface area contributed by atoms with Gasteiger partial charge in [-0.1, -0.05) is 26.7 Å². The van der Waals surface area contributed by atoms with Crippen molar-refractivity contribution in [2.45, 2.75) is 58.4 Å². The molecule has 0 aromatic heterocycles. The van der Waals surface area contributed by atoms with Gasteiger partial charge >= 0.3 is 5.97 Å². The zero-order valence-corrected chi connectivity index (χ0v) is 11.6. The Morgan fingerprint density at radius 3 is 2.47 bits per heavy atom. The van der Waals surface area contributed by atoms with Gasteiger partial charge in [-0.2, -0.15) is 0 Å². The predicted octanol–water partition coefficient (Wildman–Crippen LogP) is 2.84. The van der Waals surface area contributed by atoms with Gasteiger partial charge in [0.25, 0.3) is 0 Å². The SMILES string of the molecule is COC(=O)CCN(CCC(C)C)C1CCCC1. The molecule has 0 N–H and O–H groups in total. The third-order valence-corrected chi connectivity index (χ3v) is 3.67. The first kappa shape index (κ1) is 14.5. The lowest BCUT2D eigenvalue weighted by molar-refractivity contribution is -0.141. The molecule has 1 fully saturated rings. The van der Waals surface area contributed by atoms with Gasteiger partial charge in [0.2, 0.25) is 0 Å². The van der Waals surface area contributed by atoms with Gasteiger partial charge in [0.05, 0.1) is 13.5 Å². The molecule has 1 saturated carbocycles. The van der Waals surface area contributed by atoms with Crippen molar-refractivity contribution in [2.75, 3.05) is 20.2 Å². The Morgan fingerprint density at radius 1 is 1.29 bits per heavy atom. The third-order valence-electron chi connectivity index (χ3n) is 3.67. The summed E-state index contributed by atoms with van der Waals surface area (Å²) >= 11 is 0. The van der Waals surface area contributed by atoms with E-state index in [9.17, 15) is 4.79 Å². The summed E-state index contributed by atoms with van der Waals surface area (Å²) in [6.45, 7) is 6.50. The summed E-state index contributed by atoms with van der Waals surface area (Å²) in [6.07, 6.45) is 7.06. The second-order valence-electron chi connectivity index (χ2n) is 5.48. The van der Waals surface area contributed by atoms with Crippen LogP contribution in [0.5, 0.6) is 0 Å². The minimum absolute atomic E-state index is 0.0856. The molecule has 0 radical (unpaired) electrons. The maximum absolute atomic E-state index is 11.2. The van der Waals surface area contributed by atoms with E-state index in [0.29, 0.717) is 12.5 Å². The number of nitrogens with zero attached hydrogens (tertiary/aromatic N) is 1. The topological polar surface area (TPSA) is 29.5 Å². The molecule has 1 aliphatic carbocycles. The molecule has 3 nitrogen and oxygen atoms in total. The van der Waals surface area contributed by atoms with Gasteiger partial charge in [-0.25, -0.2) is 0 Å². The number of hydrogen-bond acceptors (Lipinski definition) is 3. The van der Waals surface area contributed by atoms with Crippen molar-refractivity contribution in [1.29, 1.82) is 0 Å². The molecular weight excluding hydrogens is 214 g/mol. The van der Waals surface area contributed by atoms with Gasteiger partial charge < -0.3 is 4.74 Å². The number of methoxy groups -OCH3 is 1. The second kappa shape index (κ2) is 7.70. The van der Waals surface area contributed by atoms with E-state index >= 15 is 0 Å². The monoisotopic (exact) mass is 241 g/mol. The molecule has 0 bridgehead atoms. The van der Waals surface area contributed by atoms with Crippen molar-refractivity contribution < 1.29 is 9.53 Å². The van der Waals surface area contributed by atoms with Crippen LogP contribution in [-0.2, 0) is 9.53 Å². The Kier molecular flexibility index (Phi) is 6.56. The minimum Gasteiger partial charge on any atom is -0.469 e. The fraction of sp³-hybridized carbons (Fsp3) is 0.929. The van der Waals surface area contributed by atoms with Crippen LogP contribution in [0.3, 0.4) is 0 Å². The van der Waals surface area contributed by atoms with Crippen molar-refractivity contribution in [3.8, 4) is 0 Å². The highest BCUT2D eigenvalue weighted by atomic mass is 16.5. The molecule has 0 aromatic carbocycles. The zero-order chi connectivity index (χ0) is 12.7. The lowest BCUT2D eigenvalue weighted by Gasteiger charge is -2.29. The summed E-state index contributed by atoms with van der Waals surface area (Å²) in [5.74, 6) is 0.648. The van der Waals surface area contributed by atoms with Crippen molar-refractivity contribution in [2.24, 2.45) is 5.92 Å². The molecule has 0 aliphatic heterocycles. The number of carbonyl (C=O) groups is 1. The number of rotatable bonds is 7. The standard InChI is InChI=1S/C14H27NO2/c1-12(2)8-10-15(11-9-14(16)17-3)13-6-4-5-7-13/h12-13H,4-11H2,1-3H3. The first-order valence-electron chi connectivity index (χ1n) is 6.94. The Labute approximate surface area is 106 Å². The highest BCUT2D eigenvalue weighted by molar-refractivity contribution is 5.69. The summed E-state index contributed by atoms with van der Waals surface area (Å²) in [6, 6.07) is 0.707. The summed E-state index contributed by atoms with van der Waals surface area (Å²) in [5, 5.41) is 0. The number of esters is 1. The quantitative estimate of drug-likeness (QED) is 0.642. The third kappa shape index (κ3) is 5.53. The molecule has 0 heterocycles. The van der Waals surface area contributed by atoms with E-state index in [4.69, 9.17) is 4.74 Å². The smallest absolute Gasteiger partial charge is 0.306 e. The maximum Gasteiger partial charge on any atom is 0.306 e. The highest BCUT2D eigenvalue weighted by Crippen LogP contribution is 2.24. The van der Waals surface area contributed by atoms with E-state index < -0.39 is 0 Å². The van der Waals surface area contributed by atoms with E-state index in [1.54, 1.807) is 0 Å².